The number of ether oxygens (including phenoxy) is 1. The van der Waals surface area contributed by atoms with E-state index in [2.05, 4.69) is 34.9 Å². The fourth-order valence-corrected chi connectivity index (χ4v) is 3.00. The molecule has 0 aliphatic carbocycles. The molecule has 3 N–H and O–H groups in total. The summed E-state index contributed by atoms with van der Waals surface area (Å²) in [7, 11) is 1.60. The molecule has 2 atom stereocenters. The Morgan fingerprint density at radius 2 is 1.91 bits per heavy atom. The third-order valence-corrected chi connectivity index (χ3v) is 4.31. The number of aromatic amines is 1. The van der Waals surface area contributed by atoms with Crippen LogP contribution in [-0.2, 0) is 6.42 Å². The second-order valence-corrected chi connectivity index (χ2v) is 5.69. The van der Waals surface area contributed by atoms with E-state index in [-0.39, 0.29) is 5.69 Å². The molecule has 1 aromatic carbocycles. The first-order valence-corrected chi connectivity index (χ1v) is 7.42. The molecular formula is C15H21N5O2. The van der Waals surface area contributed by atoms with Crippen LogP contribution in [0.25, 0.3) is 5.69 Å². The maximum Gasteiger partial charge on any atom is 0.348 e. The molecule has 1 aliphatic rings. The average molecular weight is 303 g/mol. The first-order valence-electron chi connectivity index (χ1n) is 7.42. The van der Waals surface area contributed by atoms with Crippen LogP contribution in [0.5, 0.6) is 5.75 Å². The zero-order valence-electron chi connectivity index (χ0n) is 13.0. The van der Waals surface area contributed by atoms with Gasteiger partial charge in [-0.25, -0.2) is 14.5 Å². The zero-order valence-corrected chi connectivity index (χ0v) is 13.0. The Labute approximate surface area is 128 Å². The number of rotatable bonds is 4. The van der Waals surface area contributed by atoms with Gasteiger partial charge in [0, 0.05) is 18.5 Å². The van der Waals surface area contributed by atoms with Gasteiger partial charge in [-0.15, -0.1) is 0 Å². The van der Waals surface area contributed by atoms with E-state index in [1.54, 1.807) is 11.7 Å². The van der Waals surface area contributed by atoms with Crippen molar-refractivity contribution in [2.75, 3.05) is 7.11 Å². The zero-order chi connectivity index (χ0) is 15.7. The van der Waals surface area contributed by atoms with Gasteiger partial charge in [-0.2, -0.15) is 5.10 Å². The standard InChI is InChI=1S/C15H21N5O2/c1-9-11(10(2)17-16-9)8-14-18-19-15(21)20(14)12-6-4-5-7-13(12)22-3/h4-7,9-11,16-17H,8H2,1-3H3,(H,19,21). The number of benzene rings is 1. The summed E-state index contributed by atoms with van der Waals surface area (Å²) in [6.07, 6.45) is 0.694. The molecule has 1 fully saturated rings. The lowest BCUT2D eigenvalue weighted by Crippen LogP contribution is -2.30. The maximum atomic E-state index is 12.2. The molecule has 2 heterocycles. The van der Waals surface area contributed by atoms with Crippen LogP contribution in [0.1, 0.15) is 19.7 Å². The molecule has 2 unspecified atom stereocenters. The Balaban J connectivity index is 2.00. The number of hydrazine groups is 1. The summed E-state index contributed by atoms with van der Waals surface area (Å²) in [5, 5.41) is 6.77. The fraction of sp³-hybridized carbons (Fsp3) is 0.467. The van der Waals surface area contributed by atoms with Crippen molar-refractivity contribution in [2.45, 2.75) is 32.4 Å². The van der Waals surface area contributed by atoms with Crippen LogP contribution in [0.2, 0.25) is 0 Å². The third-order valence-electron chi connectivity index (χ3n) is 4.31. The van der Waals surface area contributed by atoms with Gasteiger partial charge in [-0.3, -0.25) is 10.9 Å². The predicted octanol–water partition coefficient (Wildman–Crippen LogP) is 0.613. The first kappa shape index (κ1) is 14.8. The van der Waals surface area contributed by atoms with E-state index in [1.807, 2.05) is 24.3 Å². The summed E-state index contributed by atoms with van der Waals surface area (Å²) in [4.78, 5) is 12.2. The van der Waals surface area contributed by atoms with Gasteiger partial charge < -0.3 is 4.74 Å². The Morgan fingerprint density at radius 1 is 1.23 bits per heavy atom. The molecule has 0 bridgehead atoms. The van der Waals surface area contributed by atoms with Crippen LogP contribution >= 0.6 is 0 Å². The molecule has 0 spiro atoms. The number of aromatic nitrogens is 3. The molecule has 7 nitrogen and oxygen atoms in total. The van der Waals surface area contributed by atoms with Crippen molar-refractivity contribution in [2.24, 2.45) is 5.92 Å². The summed E-state index contributed by atoms with van der Waals surface area (Å²) >= 11 is 0. The lowest BCUT2D eigenvalue weighted by molar-refractivity contribution is 0.409. The lowest BCUT2D eigenvalue weighted by atomic mass is 9.93. The minimum Gasteiger partial charge on any atom is -0.495 e. The molecule has 2 aromatic rings. The SMILES string of the molecule is COc1ccccc1-n1c(CC2C(C)NNC2C)n[nH]c1=O. The van der Waals surface area contributed by atoms with Gasteiger partial charge in [0.05, 0.1) is 12.8 Å². The molecule has 0 saturated carbocycles. The molecule has 3 rings (SSSR count). The van der Waals surface area contributed by atoms with Gasteiger partial charge in [-0.1, -0.05) is 12.1 Å². The lowest BCUT2D eigenvalue weighted by Gasteiger charge is -2.18. The second kappa shape index (κ2) is 5.94. The van der Waals surface area contributed by atoms with E-state index in [0.717, 1.165) is 0 Å². The maximum absolute atomic E-state index is 12.2. The normalized spacial score (nSPS) is 24.6. The minimum atomic E-state index is -0.251. The van der Waals surface area contributed by atoms with E-state index in [9.17, 15) is 4.79 Å². The highest BCUT2D eigenvalue weighted by Gasteiger charge is 2.31. The van der Waals surface area contributed by atoms with Gasteiger partial charge in [0.25, 0.3) is 0 Å². The molecular weight excluding hydrogens is 282 g/mol. The molecule has 22 heavy (non-hydrogen) atoms. The predicted molar refractivity (Wildman–Crippen MR) is 83.1 cm³/mol. The van der Waals surface area contributed by atoms with Crippen LogP contribution in [0, 0.1) is 5.92 Å². The van der Waals surface area contributed by atoms with Crippen LogP contribution < -0.4 is 21.3 Å². The summed E-state index contributed by atoms with van der Waals surface area (Å²) < 4.78 is 6.96. The van der Waals surface area contributed by atoms with Crippen molar-refractivity contribution in [3.8, 4) is 11.4 Å². The van der Waals surface area contributed by atoms with Crippen LogP contribution in [0.3, 0.4) is 0 Å². The van der Waals surface area contributed by atoms with E-state index in [1.165, 1.54) is 0 Å². The first-order chi connectivity index (χ1) is 10.6. The minimum absolute atomic E-state index is 0.251. The van der Waals surface area contributed by atoms with Crippen LogP contribution in [0.4, 0.5) is 0 Å². The highest BCUT2D eigenvalue weighted by Crippen LogP contribution is 2.24. The Bertz CT molecular complexity index is 698. The van der Waals surface area contributed by atoms with E-state index in [4.69, 9.17) is 4.74 Å². The van der Waals surface area contributed by atoms with Crippen molar-refractivity contribution in [3.05, 3.63) is 40.6 Å². The third kappa shape index (κ3) is 2.53. The van der Waals surface area contributed by atoms with E-state index < -0.39 is 0 Å². The fourth-order valence-electron chi connectivity index (χ4n) is 3.00. The number of hydrogen-bond acceptors (Lipinski definition) is 5. The van der Waals surface area contributed by atoms with Crippen molar-refractivity contribution in [1.82, 2.24) is 25.6 Å². The smallest absolute Gasteiger partial charge is 0.348 e. The van der Waals surface area contributed by atoms with Crippen molar-refractivity contribution >= 4 is 0 Å². The highest BCUT2D eigenvalue weighted by atomic mass is 16.5. The molecule has 118 valence electrons. The molecule has 0 amide bonds. The summed E-state index contributed by atoms with van der Waals surface area (Å²) in [5.74, 6) is 1.71. The number of H-pyrrole nitrogens is 1. The topological polar surface area (TPSA) is 84.0 Å². The summed E-state index contributed by atoms with van der Waals surface area (Å²) in [6, 6.07) is 8.08. The molecule has 1 aromatic heterocycles. The number of nitrogens with one attached hydrogen (secondary N) is 3. The Kier molecular flexibility index (Phi) is 4.00. The largest absolute Gasteiger partial charge is 0.495 e. The van der Waals surface area contributed by atoms with Crippen molar-refractivity contribution in [3.63, 3.8) is 0 Å². The van der Waals surface area contributed by atoms with Crippen LogP contribution in [0.15, 0.2) is 29.1 Å². The highest BCUT2D eigenvalue weighted by molar-refractivity contribution is 5.47. The number of methoxy groups -OCH3 is 1. The average Bonchev–Trinajstić information content (AvgIpc) is 3.04. The summed E-state index contributed by atoms with van der Waals surface area (Å²) in [5.41, 5.74) is 6.91. The van der Waals surface area contributed by atoms with Gasteiger partial charge in [0.2, 0.25) is 0 Å². The van der Waals surface area contributed by atoms with Gasteiger partial charge in [0.1, 0.15) is 11.6 Å². The number of hydrogen-bond donors (Lipinski definition) is 3. The van der Waals surface area contributed by atoms with E-state index >= 15 is 0 Å². The Morgan fingerprint density at radius 3 is 2.59 bits per heavy atom. The second-order valence-electron chi connectivity index (χ2n) is 5.69. The Hall–Kier alpha value is -2.12. The van der Waals surface area contributed by atoms with Gasteiger partial charge >= 0.3 is 5.69 Å². The van der Waals surface area contributed by atoms with Gasteiger partial charge in [-0.05, 0) is 31.9 Å². The monoisotopic (exact) mass is 303 g/mol. The molecule has 1 saturated heterocycles. The van der Waals surface area contributed by atoms with Crippen molar-refractivity contribution < 1.29 is 4.74 Å². The van der Waals surface area contributed by atoms with Crippen molar-refractivity contribution in [1.29, 1.82) is 0 Å². The molecule has 1 aliphatic heterocycles. The van der Waals surface area contributed by atoms with E-state index in [0.29, 0.717) is 41.7 Å². The van der Waals surface area contributed by atoms with Gasteiger partial charge in [0.15, 0.2) is 0 Å². The number of nitrogens with zero attached hydrogens (tertiary/aromatic N) is 2. The summed E-state index contributed by atoms with van der Waals surface area (Å²) in [6.45, 7) is 4.25. The van der Waals surface area contributed by atoms with Crippen LogP contribution in [-0.4, -0.2) is 34.0 Å². The molecule has 0 radical (unpaired) electrons. The quantitative estimate of drug-likeness (QED) is 0.771. The number of para-hydroxylation sites is 2. The molecule has 7 heteroatoms.